The molecule has 0 aliphatic heterocycles. The highest BCUT2D eigenvalue weighted by Crippen LogP contribution is 2.37. The summed E-state index contributed by atoms with van der Waals surface area (Å²) in [5.74, 6) is -1.36. The van der Waals surface area contributed by atoms with Gasteiger partial charge in [-0.2, -0.15) is 13.2 Å². The molecule has 1 aromatic carbocycles. The predicted octanol–water partition coefficient (Wildman–Crippen LogP) is 2.97. The van der Waals surface area contributed by atoms with Crippen molar-refractivity contribution in [3.8, 4) is 0 Å². The highest BCUT2D eigenvalue weighted by Gasteiger charge is 2.39. The maximum absolute atomic E-state index is 13.1. The Balaban J connectivity index is 2.70. The topological polar surface area (TPSA) is 17.1 Å². The number of ketones is 1. The molecule has 1 aromatic rings. The predicted molar refractivity (Wildman–Crippen MR) is 44.1 cm³/mol. The summed E-state index contributed by atoms with van der Waals surface area (Å²) in [5, 5.41) is 0. The second-order valence-electron chi connectivity index (χ2n) is 3.37. The van der Waals surface area contributed by atoms with E-state index in [9.17, 15) is 22.4 Å². The molecule has 0 unspecified atom stereocenters. The van der Waals surface area contributed by atoms with Crippen LogP contribution in [0, 0.1) is 5.82 Å². The lowest BCUT2D eigenvalue weighted by Crippen LogP contribution is -2.12. The first kappa shape index (κ1) is 10.1. The van der Waals surface area contributed by atoms with E-state index in [0.29, 0.717) is 6.07 Å². The van der Waals surface area contributed by atoms with E-state index in [4.69, 9.17) is 0 Å². The van der Waals surface area contributed by atoms with Crippen LogP contribution in [0.1, 0.15) is 27.9 Å². The van der Waals surface area contributed by atoms with Gasteiger partial charge in [0, 0.05) is 12.0 Å². The SMILES string of the molecule is O=C1CCc2c(F)ccc(C(F)(F)F)c21. The number of Topliss-reactive ketones (excluding diaryl/α,β-unsaturated/α-hetero) is 1. The van der Waals surface area contributed by atoms with Crippen molar-refractivity contribution in [2.24, 2.45) is 0 Å². The maximum atomic E-state index is 13.1. The van der Waals surface area contributed by atoms with Crippen LogP contribution in [0.2, 0.25) is 0 Å². The van der Waals surface area contributed by atoms with Gasteiger partial charge in [-0.25, -0.2) is 4.39 Å². The van der Waals surface area contributed by atoms with Crippen LogP contribution >= 0.6 is 0 Å². The average molecular weight is 218 g/mol. The molecule has 2 rings (SSSR count). The average Bonchev–Trinajstić information content (AvgIpc) is 2.48. The van der Waals surface area contributed by atoms with Gasteiger partial charge in [-0.15, -0.1) is 0 Å². The molecule has 0 amide bonds. The number of alkyl halides is 3. The quantitative estimate of drug-likeness (QED) is 0.612. The number of carbonyl (C=O) groups excluding carboxylic acids is 1. The largest absolute Gasteiger partial charge is 0.417 e. The van der Waals surface area contributed by atoms with Gasteiger partial charge in [0.15, 0.2) is 5.78 Å². The summed E-state index contributed by atoms with van der Waals surface area (Å²) >= 11 is 0. The first-order chi connectivity index (χ1) is 6.91. The Morgan fingerprint density at radius 2 is 1.80 bits per heavy atom. The summed E-state index contributed by atoms with van der Waals surface area (Å²) in [4.78, 5) is 11.2. The van der Waals surface area contributed by atoms with Gasteiger partial charge in [-0.3, -0.25) is 4.79 Å². The van der Waals surface area contributed by atoms with E-state index in [2.05, 4.69) is 0 Å². The number of benzene rings is 1. The molecule has 1 aliphatic rings. The molecule has 0 saturated carbocycles. The number of halogens is 4. The van der Waals surface area contributed by atoms with Crippen LogP contribution < -0.4 is 0 Å². The Kier molecular flexibility index (Phi) is 2.06. The third-order valence-electron chi connectivity index (χ3n) is 2.44. The van der Waals surface area contributed by atoms with E-state index in [1.807, 2.05) is 0 Å². The number of rotatable bonds is 0. The fourth-order valence-corrected chi connectivity index (χ4v) is 1.79. The first-order valence-electron chi connectivity index (χ1n) is 4.33. The minimum Gasteiger partial charge on any atom is -0.294 e. The molecule has 0 heterocycles. The van der Waals surface area contributed by atoms with Gasteiger partial charge in [0.2, 0.25) is 0 Å². The summed E-state index contributed by atoms with van der Waals surface area (Å²) in [7, 11) is 0. The zero-order valence-corrected chi connectivity index (χ0v) is 7.49. The van der Waals surface area contributed by atoms with Gasteiger partial charge in [0.05, 0.1) is 5.56 Å². The highest BCUT2D eigenvalue weighted by molar-refractivity contribution is 6.02. The molecule has 0 atom stereocenters. The van der Waals surface area contributed by atoms with E-state index in [1.165, 1.54) is 0 Å². The second kappa shape index (κ2) is 3.05. The molecule has 1 nitrogen and oxygen atoms in total. The van der Waals surface area contributed by atoms with Crippen LogP contribution in [0.5, 0.6) is 0 Å². The molecule has 1 aliphatic carbocycles. The molecule has 0 fully saturated rings. The number of fused-ring (bicyclic) bond motifs is 1. The Labute approximate surface area is 82.7 Å². The van der Waals surface area contributed by atoms with Gasteiger partial charge < -0.3 is 0 Å². The van der Waals surface area contributed by atoms with E-state index in [0.717, 1.165) is 6.07 Å². The molecule has 5 heteroatoms. The van der Waals surface area contributed by atoms with Crippen LogP contribution in [0.3, 0.4) is 0 Å². The van der Waals surface area contributed by atoms with Gasteiger partial charge in [0.25, 0.3) is 0 Å². The van der Waals surface area contributed by atoms with Crippen LogP contribution in [-0.2, 0) is 12.6 Å². The van der Waals surface area contributed by atoms with Crippen molar-refractivity contribution in [2.45, 2.75) is 19.0 Å². The minimum atomic E-state index is -4.60. The summed E-state index contributed by atoms with van der Waals surface area (Å²) < 4.78 is 50.5. The van der Waals surface area contributed by atoms with Gasteiger partial charge >= 0.3 is 6.18 Å². The van der Waals surface area contributed by atoms with Gasteiger partial charge in [-0.1, -0.05) is 0 Å². The normalized spacial score (nSPS) is 15.6. The van der Waals surface area contributed by atoms with Crippen LogP contribution in [0.25, 0.3) is 0 Å². The summed E-state index contributed by atoms with van der Waals surface area (Å²) in [5.41, 5.74) is -1.61. The third kappa shape index (κ3) is 1.52. The molecular formula is C10H6F4O. The van der Waals surface area contributed by atoms with Crippen molar-refractivity contribution >= 4 is 5.78 Å². The standard InChI is InChI=1S/C10H6F4O/c11-7-3-2-6(10(12,13)14)9-5(7)1-4-8(9)15/h2-3H,1,4H2. The molecule has 0 saturated heterocycles. The Bertz CT molecular complexity index is 434. The highest BCUT2D eigenvalue weighted by atomic mass is 19.4. The van der Waals surface area contributed by atoms with E-state index in [1.54, 1.807) is 0 Å². The van der Waals surface area contributed by atoms with Crippen molar-refractivity contribution in [1.29, 1.82) is 0 Å². The number of carbonyl (C=O) groups is 1. The summed E-state index contributed by atoms with van der Waals surface area (Å²) in [6.45, 7) is 0. The van der Waals surface area contributed by atoms with Gasteiger partial charge in [-0.05, 0) is 24.1 Å². The third-order valence-corrected chi connectivity index (χ3v) is 2.44. The second-order valence-corrected chi connectivity index (χ2v) is 3.37. The fraction of sp³-hybridized carbons (Fsp3) is 0.300. The van der Waals surface area contributed by atoms with Crippen molar-refractivity contribution in [2.75, 3.05) is 0 Å². The van der Waals surface area contributed by atoms with Crippen LogP contribution in [-0.4, -0.2) is 5.78 Å². The number of hydrogen-bond acceptors (Lipinski definition) is 1. The molecule has 0 aromatic heterocycles. The fourth-order valence-electron chi connectivity index (χ4n) is 1.79. The van der Waals surface area contributed by atoms with E-state index < -0.39 is 28.9 Å². The molecule has 0 N–H and O–H groups in total. The lowest BCUT2D eigenvalue weighted by Gasteiger charge is -2.11. The monoisotopic (exact) mass is 218 g/mol. The van der Waals surface area contributed by atoms with E-state index in [-0.39, 0.29) is 18.4 Å². The lowest BCUT2D eigenvalue weighted by molar-refractivity contribution is -0.137. The summed E-state index contributed by atoms with van der Waals surface area (Å²) in [6, 6.07) is 1.39. The van der Waals surface area contributed by atoms with Crippen molar-refractivity contribution in [1.82, 2.24) is 0 Å². The minimum absolute atomic E-state index is 0.0423. The summed E-state index contributed by atoms with van der Waals surface area (Å²) in [6.07, 6.45) is -4.58. The van der Waals surface area contributed by atoms with Crippen molar-refractivity contribution in [3.05, 3.63) is 34.6 Å². The molecule has 80 valence electrons. The molecule has 0 spiro atoms. The number of hydrogen-bond donors (Lipinski definition) is 0. The van der Waals surface area contributed by atoms with Crippen LogP contribution in [0.4, 0.5) is 17.6 Å². The van der Waals surface area contributed by atoms with E-state index >= 15 is 0 Å². The first-order valence-corrected chi connectivity index (χ1v) is 4.33. The van der Waals surface area contributed by atoms with Crippen molar-refractivity contribution < 1.29 is 22.4 Å². The zero-order valence-electron chi connectivity index (χ0n) is 7.49. The Morgan fingerprint density at radius 1 is 1.13 bits per heavy atom. The Morgan fingerprint density at radius 3 is 2.40 bits per heavy atom. The van der Waals surface area contributed by atoms with Crippen LogP contribution in [0.15, 0.2) is 12.1 Å². The molecule has 0 bridgehead atoms. The van der Waals surface area contributed by atoms with Crippen molar-refractivity contribution in [3.63, 3.8) is 0 Å². The lowest BCUT2D eigenvalue weighted by atomic mass is 10.0. The smallest absolute Gasteiger partial charge is 0.294 e. The zero-order chi connectivity index (χ0) is 11.2. The van der Waals surface area contributed by atoms with Gasteiger partial charge in [0.1, 0.15) is 5.82 Å². The molecule has 15 heavy (non-hydrogen) atoms. The Hall–Kier alpha value is -1.39. The molecule has 0 radical (unpaired) electrons. The maximum Gasteiger partial charge on any atom is 0.417 e. The molecular weight excluding hydrogens is 212 g/mol.